The number of anilines is 1. The van der Waals surface area contributed by atoms with Gasteiger partial charge < -0.3 is 10.1 Å². The SMILES string of the molecule is CNc1snc(C)c1C(=O)OC(C)C(=O)c1ccc(C)c(C)c1. The van der Waals surface area contributed by atoms with Crippen molar-refractivity contribution in [3.05, 3.63) is 46.1 Å². The van der Waals surface area contributed by atoms with Crippen LogP contribution in [0.15, 0.2) is 18.2 Å². The number of rotatable bonds is 5. The Kier molecular flexibility index (Phi) is 5.15. The summed E-state index contributed by atoms with van der Waals surface area (Å²) in [7, 11) is 1.72. The fourth-order valence-corrected chi connectivity index (χ4v) is 2.92. The number of nitrogens with zero attached hydrogens (tertiary/aromatic N) is 1. The Labute approximate surface area is 139 Å². The average Bonchev–Trinajstić information content (AvgIpc) is 2.90. The third-order valence-electron chi connectivity index (χ3n) is 3.74. The lowest BCUT2D eigenvalue weighted by Crippen LogP contribution is -2.25. The molecular formula is C17H20N2O3S. The van der Waals surface area contributed by atoms with E-state index in [2.05, 4.69) is 9.69 Å². The number of aryl methyl sites for hydroxylation is 3. The van der Waals surface area contributed by atoms with Gasteiger partial charge in [0.1, 0.15) is 10.6 Å². The molecule has 6 heteroatoms. The molecule has 1 aromatic carbocycles. The molecule has 0 aliphatic heterocycles. The molecule has 1 heterocycles. The van der Waals surface area contributed by atoms with Crippen molar-refractivity contribution >= 4 is 28.3 Å². The summed E-state index contributed by atoms with van der Waals surface area (Å²) in [6.45, 7) is 7.26. The van der Waals surface area contributed by atoms with Crippen molar-refractivity contribution in [2.45, 2.75) is 33.8 Å². The van der Waals surface area contributed by atoms with E-state index >= 15 is 0 Å². The predicted molar refractivity (Wildman–Crippen MR) is 91.5 cm³/mol. The monoisotopic (exact) mass is 332 g/mol. The summed E-state index contributed by atoms with van der Waals surface area (Å²) in [4.78, 5) is 24.8. The van der Waals surface area contributed by atoms with Gasteiger partial charge in [0.05, 0.1) is 5.69 Å². The maximum Gasteiger partial charge on any atom is 0.343 e. The second-order valence-electron chi connectivity index (χ2n) is 5.43. The molecule has 0 bridgehead atoms. The van der Waals surface area contributed by atoms with E-state index in [9.17, 15) is 9.59 Å². The van der Waals surface area contributed by atoms with Gasteiger partial charge in [0.25, 0.3) is 0 Å². The number of carbonyl (C=O) groups excluding carboxylic acids is 2. The Morgan fingerprint density at radius 2 is 1.91 bits per heavy atom. The summed E-state index contributed by atoms with van der Waals surface area (Å²) >= 11 is 1.19. The van der Waals surface area contributed by atoms with Crippen LogP contribution in [0, 0.1) is 20.8 Å². The quantitative estimate of drug-likeness (QED) is 0.670. The number of Topliss-reactive ketones (excluding diaryl/α,β-unsaturated/α-hetero) is 1. The van der Waals surface area contributed by atoms with Crippen molar-refractivity contribution in [1.82, 2.24) is 4.37 Å². The second-order valence-corrected chi connectivity index (χ2v) is 6.21. The normalized spacial score (nSPS) is 11.9. The molecule has 0 radical (unpaired) electrons. The van der Waals surface area contributed by atoms with Gasteiger partial charge in [0.15, 0.2) is 6.10 Å². The molecule has 1 atom stereocenters. The van der Waals surface area contributed by atoms with Crippen LogP contribution in [0.4, 0.5) is 5.00 Å². The first-order chi connectivity index (χ1) is 10.8. The number of carbonyl (C=O) groups is 2. The van der Waals surface area contributed by atoms with Crippen LogP contribution in [0.1, 0.15) is 44.5 Å². The van der Waals surface area contributed by atoms with Crippen LogP contribution in [-0.2, 0) is 4.74 Å². The molecule has 122 valence electrons. The van der Waals surface area contributed by atoms with Crippen molar-refractivity contribution in [3.63, 3.8) is 0 Å². The molecule has 2 aromatic rings. The minimum Gasteiger partial charge on any atom is -0.451 e. The summed E-state index contributed by atoms with van der Waals surface area (Å²) in [5.74, 6) is -0.751. The molecule has 2 rings (SSSR count). The number of hydrogen-bond donors (Lipinski definition) is 1. The number of esters is 1. The number of ketones is 1. The number of benzene rings is 1. The van der Waals surface area contributed by atoms with Crippen molar-refractivity contribution in [2.75, 3.05) is 12.4 Å². The van der Waals surface area contributed by atoms with E-state index in [4.69, 9.17) is 4.74 Å². The zero-order chi connectivity index (χ0) is 17.1. The number of nitrogens with one attached hydrogen (secondary N) is 1. The van der Waals surface area contributed by atoms with Crippen LogP contribution in [-0.4, -0.2) is 29.3 Å². The first-order valence-corrected chi connectivity index (χ1v) is 8.09. The van der Waals surface area contributed by atoms with Crippen molar-refractivity contribution in [1.29, 1.82) is 0 Å². The molecule has 0 saturated carbocycles. The first kappa shape index (κ1) is 17.1. The number of hydrogen-bond acceptors (Lipinski definition) is 6. The number of ether oxygens (including phenoxy) is 1. The number of aromatic nitrogens is 1. The minimum atomic E-state index is -0.853. The Morgan fingerprint density at radius 1 is 1.22 bits per heavy atom. The van der Waals surface area contributed by atoms with E-state index in [1.54, 1.807) is 27.0 Å². The highest BCUT2D eigenvalue weighted by Gasteiger charge is 2.25. The maximum absolute atomic E-state index is 12.4. The highest BCUT2D eigenvalue weighted by molar-refractivity contribution is 7.10. The van der Waals surface area contributed by atoms with Crippen LogP contribution in [0.3, 0.4) is 0 Å². The Hall–Kier alpha value is -2.21. The Bertz CT molecular complexity index is 752. The lowest BCUT2D eigenvalue weighted by Gasteiger charge is -2.13. The van der Waals surface area contributed by atoms with Gasteiger partial charge in [-0.15, -0.1) is 0 Å². The highest BCUT2D eigenvalue weighted by Crippen LogP contribution is 2.25. The van der Waals surface area contributed by atoms with Gasteiger partial charge in [0, 0.05) is 12.6 Å². The molecule has 23 heavy (non-hydrogen) atoms. The summed E-state index contributed by atoms with van der Waals surface area (Å²) in [5, 5.41) is 3.55. The molecule has 0 saturated heterocycles. The van der Waals surface area contributed by atoms with Crippen molar-refractivity contribution in [3.8, 4) is 0 Å². The molecule has 0 spiro atoms. The van der Waals surface area contributed by atoms with E-state index in [1.807, 2.05) is 26.0 Å². The Balaban J connectivity index is 2.16. The topological polar surface area (TPSA) is 68.3 Å². The van der Waals surface area contributed by atoms with Crippen molar-refractivity contribution in [2.24, 2.45) is 0 Å². The summed E-state index contributed by atoms with van der Waals surface area (Å²) in [6, 6.07) is 5.47. The molecular weight excluding hydrogens is 312 g/mol. The van der Waals surface area contributed by atoms with Gasteiger partial charge >= 0.3 is 5.97 Å². The van der Waals surface area contributed by atoms with E-state index in [0.717, 1.165) is 11.1 Å². The van der Waals surface area contributed by atoms with Gasteiger partial charge in [-0.1, -0.05) is 12.1 Å². The molecule has 1 unspecified atom stereocenters. The third-order valence-corrected chi connectivity index (χ3v) is 4.69. The summed E-state index contributed by atoms with van der Waals surface area (Å²) in [5.41, 5.74) is 3.67. The van der Waals surface area contributed by atoms with Crippen LogP contribution >= 0.6 is 11.5 Å². The smallest absolute Gasteiger partial charge is 0.343 e. The molecule has 5 nitrogen and oxygen atoms in total. The molecule has 0 aliphatic carbocycles. The van der Waals surface area contributed by atoms with Crippen LogP contribution < -0.4 is 5.32 Å². The molecule has 1 N–H and O–H groups in total. The van der Waals surface area contributed by atoms with Gasteiger partial charge in [-0.2, -0.15) is 4.37 Å². The average molecular weight is 332 g/mol. The molecule has 0 amide bonds. The van der Waals surface area contributed by atoms with Gasteiger partial charge in [0.2, 0.25) is 5.78 Å². The third kappa shape index (κ3) is 3.59. The van der Waals surface area contributed by atoms with Crippen LogP contribution in [0.25, 0.3) is 0 Å². The zero-order valence-electron chi connectivity index (χ0n) is 13.9. The minimum absolute atomic E-state index is 0.215. The fraction of sp³-hybridized carbons (Fsp3) is 0.353. The maximum atomic E-state index is 12.4. The van der Waals surface area contributed by atoms with Gasteiger partial charge in [-0.25, -0.2) is 4.79 Å². The molecule has 0 aliphatic rings. The van der Waals surface area contributed by atoms with E-state index in [1.165, 1.54) is 11.5 Å². The summed E-state index contributed by atoms with van der Waals surface area (Å²) < 4.78 is 9.48. The largest absolute Gasteiger partial charge is 0.451 e. The lowest BCUT2D eigenvalue weighted by atomic mass is 10.0. The molecule has 1 aromatic heterocycles. The standard InChI is InChI=1S/C17H20N2O3S/c1-9-6-7-13(8-10(9)2)15(20)12(4)22-17(21)14-11(3)19-23-16(14)18-5/h6-8,12,18H,1-5H3. The van der Waals surface area contributed by atoms with Gasteiger partial charge in [-0.3, -0.25) is 4.79 Å². The first-order valence-electron chi connectivity index (χ1n) is 7.31. The highest BCUT2D eigenvalue weighted by atomic mass is 32.1. The fourth-order valence-electron chi connectivity index (χ4n) is 2.18. The zero-order valence-corrected chi connectivity index (χ0v) is 14.7. The Morgan fingerprint density at radius 3 is 2.52 bits per heavy atom. The van der Waals surface area contributed by atoms with E-state index in [0.29, 0.717) is 21.8 Å². The van der Waals surface area contributed by atoms with Crippen LogP contribution in [0.2, 0.25) is 0 Å². The molecule has 0 fully saturated rings. The van der Waals surface area contributed by atoms with Crippen molar-refractivity contribution < 1.29 is 14.3 Å². The second kappa shape index (κ2) is 6.91. The van der Waals surface area contributed by atoms with E-state index in [-0.39, 0.29) is 5.78 Å². The van der Waals surface area contributed by atoms with Gasteiger partial charge in [-0.05, 0) is 56.4 Å². The summed E-state index contributed by atoms with van der Waals surface area (Å²) in [6.07, 6.45) is -0.853. The lowest BCUT2D eigenvalue weighted by molar-refractivity contribution is 0.0319. The van der Waals surface area contributed by atoms with E-state index < -0.39 is 12.1 Å². The predicted octanol–water partition coefficient (Wildman–Crippen LogP) is 3.54. The van der Waals surface area contributed by atoms with Crippen LogP contribution in [0.5, 0.6) is 0 Å².